The number of hydrogen-bond donors (Lipinski definition) is 2. The summed E-state index contributed by atoms with van der Waals surface area (Å²) in [5, 5.41) is 11.6. The van der Waals surface area contributed by atoms with Crippen LogP contribution < -0.4 is 25.6 Å². The highest BCUT2D eigenvalue weighted by Crippen LogP contribution is 2.42. The highest BCUT2D eigenvalue weighted by atomic mass is 79.9. The molecule has 2 saturated heterocycles. The Kier molecular flexibility index (Phi) is 9.70. The van der Waals surface area contributed by atoms with Gasteiger partial charge in [-0.3, -0.25) is 19.5 Å². The minimum Gasteiger partial charge on any atom is -0.479 e. The maximum Gasteiger partial charge on any atom is 0.239 e. The number of benzene rings is 1. The van der Waals surface area contributed by atoms with Gasteiger partial charge < -0.3 is 29.6 Å². The van der Waals surface area contributed by atoms with Crippen molar-refractivity contribution in [3.8, 4) is 17.0 Å². The average Bonchev–Trinajstić information content (AvgIpc) is 3.55. The summed E-state index contributed by atoms with van der Waals surface area (Å²) in [6.07, 6.45) is 8.08. The molecule has 6 heterocycles. The quantitative estimate of drug-likeness (QED) is 0.195. The van der Waals surface area contributed by atoms with Gasteiger partial charge in [-0.15, -0.1) is 0 Å². The lowest BCUT2D eigenvalue weighted by Gasteiger charge is -2.42. The standard InChI is InChI=1S/C33H38BrFN11O3P/c1-44-18-20(16-39-44)21-15-26(32(48-2)43-31(21)46-10-7-27(23(35)19-46)45-11-13-49-14-12-45)41-33-38-17-22(34)30(42-33)40-25-6-5-24-28(37-9-8-36-24)29(25)50(3,4)47/h5-6,8-9,15-18,23,27H,7,10-14,19H2,1-4H3,(H2,38,40,41,42). The van der Waals surface area contributed by atoms with E-state index in [-0.39, 0.29) is 18.5 Å². The molecule has 2 fully saturated rings. The number of nitrogens with zero attached hydrogens (tertiary/aromatic N) is 9. The first kappa shape index (κ1) is 34.2. The van der Waals surface area contributed by atoms with E-state index < -0.39 is 13.3 Å². The maximum atomic E-state index is 15.8. The van der Waals surface area contributed by atoms with Gasteiger partial charge >= 0.3 is 0 Å². The molecule has 7 rings (SSSR count). The van der Waals surface area contributed by atoms with Gasteiger partial charge in [0.15, 0.2) is 0 Å². The van der Waals surface area contributed by atoms with Crippen LogP contribution >= 0.6 is 23.1 Å². The molecule has 2 aliphatic rings. The summed E-state index contributed by atoms with van der Waals surface area (Å²) in [7, 11) is 0.583. The van der Waals surface area contributed by atoms with Crippen LogP contribution in [0.1, 0.15) is 6.42 Å². The third-order valence-corrected chi connectivity index (χ3v) is 11.0. The summed E-state index contributed by atoms with van der Waals surface area (Å²) in [6, 6.07) is 5.40. The highest BCUT2D eigenvalue weighted by molar-refractivity contribution is 9.10. The second-order valence-corrected chi connectivity index (χ2v) is 16.7. The van der Waals surface area contributed by atoms with Crippen molar-refractivity contribution in [1.82, 2.24) is 39.6 Å². The Labute approximate surface area is 297 Å². The predicted octanol–water partition coefficient (Wildman–Crippen LogP) is 4.97. The highest BCUT2D eigenvalue weighted by Gasteiger charge is 2.36. The molecule has 50 heavy (non-hydrogen) atoms. The smallest absolute Gasteiger partial charge is 0.239 e. The van der Waals surface area contributed by atoms with Crippen LogP contribution in [0.5, 0.6) is 5.88 Å². The van der Waals surface area contributed by atoms with Crippen LogP contribution in [0.25, 0.3) is 22.2 Å². The number of halogens is 2. The average molecular weight is 767 g/mol. The van der Waals surface area contributed by atoms with Crippen LogP contribution in [0.2, 0.25) is 0 Å². The SMILES string of the molecule is COc1nc(N2CCC(N3CCOCC3)C(F)C2)c(-c2cnn(C)c2)cc1Nc1ncc(Br)c(Nc2ccc3nccnc3c2P(C)(C)=O)n1. The molecular weight excluding hydrogens is 728 g/mol. The largest absolute Gasteiger partial charge is 0.479 e. The van der Waals surface area contributed by atoms with Crippen molar-refractivity contribution in [3.63, 3.8) is 0 Å². The van der Waals surface area contributed by atoms with Crippen LogP contribution in [0.3, 0.4) is 0 Å². The molecule has 2 N–H and O–H groups in total. The summed E-state index contributed by atoms with van der Waals surface area (Å²) < 4.78 is 42.8. The number of aryl methyl sites for hydroxylation is 1. The zero-order valence-corrected chi connectivity index (χ0v) is 30.7. The van der Waals surface area contributed by atoms with Gasteiger partial charge in [-0.05, 0) is 53.9 Å². The number of aromatic nitrogens is 7. The summed E-state index contributed by atoms with van der Waals surface area (Å²) in [4.78, 5) is 27.2. The van der Waals surface area contributed by atoms with Crippen LogP contribution in [-0.2, 0) is 16.3 Å². The molecule has 17 heteroatoms. The van der Waals surface area contributed by atoms with E-state index in [4.69, 9.17) is 19.4 Å². The third kappa shape index (κ3) is 7.02. The van der Waals surface area contributed by atoms with Crippen molar-refractivity contribution in [1.29, 1.82) is 0 Å². The topological polar surface area (TPSA) is 148 Å². The number of alkyl halides is 1. The van der Waals surface area contributed by atoms with E-state index in [1.54, 1.807) is 42.8 Å². The summed E-state index contributed by atoms with van der Waals surface area (Å²) in [5.74, 6) is 1.61. The van der Waals surface area contributed by atoms with Gasteiger partial charge in [0.2, 0.25) is 11.8 Å². The molecule has 2 unspecified atom stereocenters. The van der Waals surface area contributed by atoms with Crippen molar-refractivity contribution in [3.05, 3.63) is 53.7 Å². The Hall–Kier alpha value is -4.24. The molecule has 2 aliphatic heterocycles. The van der Waals surface area contributed by atoms with Crippen LogP contribution in [0, 0.1) is 0 Å². The number of hydrogen-bond acceptors (Lipinski definition) is 13. The Morgan fingerprint density at radius 1 is 1.04 bits per heavy atom. The van der Waals surface area contributed by atoms with Gasteiger partial charge in [-0.1, -0.05) is 0 Å². The van der Waals surface area contributed by atoms with Crippen LogP contribution in [0.4, 0.5) is 33.3 Å². The fourth-order valence-corrected chi connectivity index (χ4v) is 8.27. The molecule has 0 spiro atoms. The minimum atomic E-state index is -2.80. The molecule has 0 amide bonds. The van der Waals surface area contributed by atoms with Gasteiger partial charge in [0.05, 0.1) is 54.0 Å². The van der Waals surface area contributed by atoms with E-state index in [1.807, 2.05) is 36.3 Å². The number of fused-ring (bicyclic) bond motifs is 1. The summed E-state index contributed by atoms with van der Waals surface area (Å²) in [6.45, 7) is 6.98. The summed E-state index contributed by atoms with van der Waals surface area (Å²) in [5.41, 5.74) is 3.91. The number of morpholine rings is 1. The van der Waals surface area contributed by atoms with E-state index in [0.29, 0.717) is 75.9 Å². The van der Waals surface area contributed by atoms with Gasteiger partial charge in [0.25, 0.3) is 0 Å². The minimum absolute atomic E-state index is 0.155. The Bertz CT molecular complexity index is 2070. The fraction of sp³-hybridized carbons (Fsp3) is 0.394. The van der Waals surface area contributed by atoms with E-state index in [2.05, 4.69) is 51.5 Å². The number of pyridine rings is 1. The number of methoxy groups -OCH3 is 1. The molecule has 0 aliphatic carbocycles. The predicted molar refractivity (Wildman–Crippen MR) is 196 cm³/mol. The Morgan fingerprint density at radius 2 is 1.84 bits per heavy atom. The van der Waals surface area contributed by atoms with Crippen LogP contribution in [-0.4, -0.2) is 112 Å². The third-order valence-electron chi connectivity index (χ3n) is 8.89. The molecule has 262 valence electrons. The number of ether oxygens (including phenoxy) is 2. The monoisotopic (exact) mass is 765 g/mol. The second-order valence-electron chi connectivity index (χ2n) is 12.7. The van der Waals surface area contributed by atoms with E-state index in [9.17, 15) is 4.57 Å². The summed E-state index contributed by atoms with van der Waals surface area (Å²) >= 11 is 3.55. The van der Waals surface area contributed by atoms with Crippen LogP contribution in [0.15, 0.2) is 53.7 Å². The van der Waals surface area contributed by atoms with E-state index in [1.165, 1.54) is 7.11 Å². The lowest BCUT2D eigenvalue weighted by Crippen LogP contribution is -2.55. The molecule has 0 radical (unpaired) electrons. The van der Waals surface area contributed by atoms with Gasteiger partial charge in [0.1, 0.15) is 36.2 Å². The molecule has 4 aromatic heterocycles. The number of anilines is 5. The normalized spacial score (nSPS) is 18.7. The first-order valence-electron chi connectivity index (χ1n) is 16.2. The van der Waals surface area contributed by atoms with Crippen molar-refractivity contribution in [2.24, 2.45) is 7.05 Å². The zero-order chi connectivity index (χ0) is 35.0. The first-order chi connectivity index (χ1) is 24.1. The molecule has 14 nitrogen and oxygen atoms in total. The first-order valence-corrected chi connectivity index (χ1v) is 19.6. The van der Waals surface area contributed by atoms with Crippen molar-refractivity contribution < 1.29 is 18.4 Å². The Balaban J connectivity index is 1.21. The van der Waals surface area contributed by atoms with E-state index >= 15 is 4.39 Å². The maximum absolute atomic E-state index is 15.8. The van der Waals surface area contributed by atoms with Crippen molar-refractivity contribution in [2.75, 3.05) is 75.4 Å². The second kappa shape index (κ2) is 14.2. The zero-order valence-electron chi connectivity index (χ0n) is 28.2. The molecule has 2 atom stereocenters. The number of rotatable bonds is 9. The van der Waals surface area contributed by atoms with Crippen molar-refractivity contribution in [2.45, 2.75) is 18.6 Å². The molecular formula is C33H38BrFN11O3P. The number of nitrogens with one attached hydrogen (secondary N) is 2. The lowest BCUT2D eigenvalue weighted by atomic mass is 9.99. The fourth-order valence-electron chi connectivity index (χ4n) is 6.58. The molecule has 1 aromatic carbocycles. The molecule has 0 saturated carbocycles. The van der Waals surface area contributed by atoms with E-state index in [0.717, 1.165) is 24.2 Å². The van der Waals surface area contributed by atoms with Gasteiger partial charge in [-0.25, -0.2) is 9.37 Å². The van der Waals surface area contributed by atoms with Gasteiger partial charge in [-0.2, -0.15) is 15.1 Å². The Morgan fingerprint density at radius 3 is 2.56 bits per heavy atom. The molecule has 0 bridgehead atoms. The lowest BCUT2D eigenvalue weighted by molar-refractivity contribution is -0.00825. The number of piperidine rings is 1. The molecule has 5 aromatic rings. The van der Waals surface area contributed by atoms with Gasteiger partial charge in [0, 0.05) is 68.6 Å². The van der Waals surface area contributed by atoms with Crippen molar-refractivity contribution >= 4 is 68.4 Å².